The van der Waals surface area contributed by atoms with Gasteiger partial charge in [0.05, 0.1) is 16.5 Å². The van der Waals surface area contributed by atoms with Crippen molar-refractivity contribution < 1.29 is 13.9 Å². The van der Waals surface area contributed by atoms with E-state index in [1.54, 1.807) is 0 Å². The smallest absolute Gasteiger partial charge is 0.234 e. The maximum Gasteiger partial charge on any atom is 0.234 e. The molecule has 0 spiro atoms. The largest absolute Gasteiger partial charge is 0.482 e. The molecule has 0 radical (unpaired) electrons. The molecular weight excluding hydrogens is 475 g/mol. The number of para-hydroxylation sites is 1. The Morgan fingerprint density at radius 2 is 1.88 bits per heavy atom. The molecule has 3 rings (SSSR count). The minimum atomic E-state index is -0.459. The van der Waals surface area contributed by atoms with E-state index < -0.39 is 5.82 Å². The first kappa shape index (κ1) is 26.0. The van der Waals surface area contributed by atoms with Gasteiger partial charge < -0.3 is 14.6 Å². The van der Waals surface area contributed by atoms with Gasteiger partial charge >= 0.3 is 0 Å². The van der Waals surface area contributed by atoms with Crippen LogP contribution in [0.25, 0.3) is 0 Å². The van der Waals surface area contributed by atoms with Crippen molar-refractivity contribution in [2.45, 2.75) is 58.3 Å². The van der Waals surface area contributed by atoms with Crippen LogP contribution < -0.4 is 10.1 Å². The first-order valence-electron chi connectivity index (χ1n) is 11.2. The number of carbonyl (C=O) groups excluding carboxylic acids is 1. The molecule has 0 saturated heterocycles. The fourth-order valence-electron chi connectivity index (χ4n) is 3.46. The molecule has 0 aliphatic rings. The minimum Gasteiger partial charge on any atom is -0.482 e. The zero-order valence-electron chi connectivity index (χ0n) is 20.0. The quantitative estimate of drug-likeness (QED) is 0.310. The molecule has 9 heteroatoms. The SMILES string of the molecule is CC(C)Cn1c(SCC(=O)Nc2ccc(F)cc2Cl)nnc1C(C)Oc1ccccc1C(C)C. The summed E-state index contributed by atoms with van der Waals surface area (Å²) >= 11 is 7.29. The monoisotopic (exact) mass is 504 g/mol. The van der Waals surface area contributed by atoms with Crippen LogP contribution in [0.3, 0.4) is 0 Å². The Balaban J connectivity index is 1.74. The molecule has 3 aromatic rings. The Morgan fingerprint density at radius 3 is 2.56 bits per heavy atom. The maximum absolute atomic E-state index is 13.2. The molecule has 0 fully saturated rings. The van der Waals surface area contributed by atoms with Crippen LogP contribution >= 0.6 is 23.4 Å². The number of ether oxygens (including phenoxy) is 1. The average Bonchev–Trinajstić information content (AvgIpc) is 3.16. The van der Waals surface area contributed by atoms with Gasteiger partial charge in [-0.15, -0.1) is 10.2 Å². The predicted octanol–water partition coefficient (Wildman–Crippen LogP) is 6.72. The van der Waals surface area contributed by atoms with Gasteiger partial charge in [-0.1, -0.05) is 69.3 Å². The van der Waals surface area contributed by atoms with Crippen LogP contribution in [0.1, 0.15) is 58.0 Å². The zero-order valence-corrected chi connectivity index (χ0v) is 21.6. The van der Waals surface area contributed by atoms with Crippen LogP contribution in [0.15, 0.2) is 47.6 Å². The molecule has 34 heavy (non-hydrogen) atoms. The number of thioether (sulfide) groups is 1. The van der Waals surface area contributed by atoms with Crippen LogP contribution in [0.4, 0.5) is 10.1 Å². The van der Waals surface area contributed by atoms with Gasteiger partial charge in [-0.3, -0.25) is 4.79 Å². The Morgan fingerprint density at radius 1 is 1.15 bits per heavy atom. The molecule has 2 aromatic carbocycles. The summed E-state index contributed by atoms with van der Waals surface area (Å²) in [5.74, 6) is 1.58. The number of rotatable bonds is 10. The van der Waals surface area contributed by atoms with E-state index >= 15 is 0 Å². The fourth-order valence-corrected chi connectivity index (χ4v) is 4.43. The second kappa shape index (κ2) is 11.7. The third-order valence-corrected chi connectivity index (χ3v) is 6.32. The van der Waals surface area contributed by atoms with Gasteiger partial charge in [0.1, 0.15) is 11.6 Å². The van der Waals surface area contributed by atoms with E-state index in [2.05, 4.69) is 49.3 Å². The summed E-state index contributed by atoms with van der Waals surface area (Å²) in [6, 6.07) is 11.8. The Bertz CT molecular complexity index is 1140. The summed E-state index contributed by atoms with van der Waals surface area (Å²) in [7, 11) is 0. The second-order valence-corrected chi connectivity index (χ2v) is 10.1. The number of hydrogen-bond donors (Lipinski definition) is 1. The molecule has 6 nitrogen and oxygen atoms in total. The van der Waals surface area contributed by atoms with Crippen molar-refractivity contribution in [1.29, 1.82) is 0 Å². The van der Waals surface area contributed by atoms with Crippen molar-refractivity contribution >= 4 is 35.0 Å². The van der Waals surface area contributed by atoms with E-state index in [9.17, 15) is 9.18 Å². The number of nitrogens with one attached hydrogen (secondary N) is 1. The molecule has 1 heterocycles. The Hall–Kier alpha value is -2.58. The molecule has 0 bridgehead atoms. The third kappa shape index (κ3) is 6.73. The van der Waals surface area contributed by atoms with Crippen molar-refractivity contribution in [2.24, 2.45) is 5.92 Å². The highest BCUT2D eigenvalue weighted by molar-refractivity contribution is 7.99. The number of benzene rings is 2. The lowest BCUT2D eigenvalue weighted by Gasteiger charge is -2.20. The zero-order chi connectivity index (χ0) is 24.8. The van der Waals surface area contributed by atoms with E-state index in [-0.39, 0.29) is 22.8 Å². The number of aromatic nitrogens is 3. The molecule has 1 unspecified atom stereocenters. The summed E-state index contributed by atoms with van der Waals surface area (Å²) in [5, 5.41) is 12.2. The fraction of sp³-hybridized carbons (Fsp3) is 0.400. The van der Waals surface area contributed by atoms with Crippen LogP contribution in [-0.4, -0.2) is 26.4 Å². The van der Waals surface area contributed by atoms with Gasteiger partial charge in [0, 0.05) is 6.54 Å². The number of halogens is 2. The van der Waals surface area contributed by atoms with Gasteiger partial charge in [0.2, 0.25) is 5.91 Å². The summed E-state index contributed by atoms with van der Waals surface area (Å²) < 4.78 is 21.5. The van der Waals surface area contributed by atoms with Crippen molar-refractivity contribution in [2.75, 3.05) is 11.1 Å². The van der Waals surface area contributed by atoms with Crippen LogP contribution in [0.2, 0.25) is 5.02 Å². The lowest BCUT2D eigenvalue weighted by Crippen LogP contribution is -2.17. The lowest BCUT2D eigenvalue weighted by atomic mass is 10.0. The third-order valence-electron chi connectivity index (χ3n) is 5.04. The number of anilines is 1. The highest BCUT2D eigenvalue weighted by Crippen LogP contribution is 2.31. The number of amides is 1. The van der Waals surface area contributed by atoms with Crippen molar-refractivity contribution in [3.05, 3.63) is 64.7 Å². The number of nitrogens with zero attached hydrogens (tertiary/aromatic N) is 3. The highest BCUT2D eigenvalue weighted by Gasteiger charge is 2.22. The van der Waals surface area contributed by atoms with Crippen LogP contribution in [-0.2, 0) is 11.3 Å². The van der Waals surface area contributed by atoms with Crippen LogP contribution in [0, 0.1) is 11.7 Å². The van der Waals surface area contributed by atoms with Crippen molar-refractivity contribution in [3.8, 4) is 5.75 Å². The van der Waals surface area contributed by atoms with Gasteiger partial charge in [-0.25, -0.2) is 4.39 Å². The molecule has 182 valence electrons. The van der Waals surface area contributed by atoms with E-state index in [1.807, 2.05) is 29.7 Å². The minimum absolute atomic E-state index is 0.107. The molecule has 0 aliphatic heterocycles. The summed E-state index contributed by atoms with van der Waals surface area (Å²) in [6.07, 6.45) is -0.327. The molecule has 1 amide bonds. The molecule has 1 N–H and O–H groups in total. The van der Waals surface area contributed by atoms with E-state index in [4.69, 9.17) is 16.3 Å². The topological polar surface area (TPSA) is 69.0 Å². The van der Waals surface area contributed by atoms with E-state index in [1.165, 1.54) is 23.9 Å². The normalized spacial score (nSPS) is 12.3. The Labute approximate surface area is 209 Å². The summed E-state index contributed by atoms with van der Waals surface area (Å²) in [6.45, 7) is 11.1. The molecule has 1 atom stereocenters. The average molecular weight is 505 g/mol. The van der Waals surface area contributed by atoms with Crippen molar-refractivity contribution in [3.63, 3.8) is 0 Å². The van der Waals surface area contributed by atoms with Gasteiger partial charge in [-0.05, 0) is 48.6 Å². The highest BCUT2D eigenvalue weighted by atomic mass is 35.5. The first-order chi connectivity index (χ1) is 16.2. The molecule has 0 saturated carbocycles. The standard InChI is InChI=1S/C25H30ClFN4O2S/c1-15(2)13-31-24(17(5)33-22-9-7-6-8-19(22)16(3)4)29-30-25(31)34-14-23(32)28-21-11-10-18(27)12-20(21)26/h6-12,15-17H,13-14H2,1-5H3,(H,28,32). The summed E-state index contributed by atoms with van der Waals surface area (Å²) in [5.41, 5.74) is 1.50. The first-order valence-corrected chi connectivity index (χ1v) is 12.6. The molecule has 1 aromatic heterocycles. The van der Waals surface area contributed by atoms with Crippen LogP contribution in [0.5, 0.6) is 5.75 Å². The second-order valence-electron chi connectivity index (χ2n) is 8.76. The molecule has 0 aliphatic carbocycles. The van der Waals surface area contributed by atoms with Gasteiger partial charge in [-0.2, -0.15) is 0 Å². The maximum atomic E-state index is 13.2. The number of hydrogen-bond acceptors (Lipinski definition) is 5. The van der Waals surface area contributed by atoms with Crippen molar-refractivity contribution in [1.82, 2.24) is 14.8 Å². The van der Waals surface area contributed by atoms with Gasteiger partial charge in [0.15, 0.2) is 17.1 Å². The predicted molar refractivity (Wildman–Crippen MR) is 135 cm³/mol. The van der Waals surface area contributed by atoms with E-state index in [0.29, 0.717) is 35.0 Å². The summed E-state index contributed by atoms with van der Waals surface area (Å²) in [4.78, 5) is 12.5. The Kier molecular flexibility index (Phi) is 8.97. The molecular formula is C25H30ClFN4O2S. The van der Waals surface area contributed by atoms with E-state index in [0.717, 1.165) is 17.4 Å². The lowest BCUT2D eigenvalue weighted by molar-refractivity contribution is -0.113. The number of carbonyl (C=O) groups is 1. The van der Waals surface area contributed by atoms with Gasteiger partial charge in [0.25, 0.3) is 0 Å².